The van der Waals surface area contributed by atoms with Crippen LogP contribution < -0.4 is 5.32 Å². The third-order valence-electron chi connectivity index (χ3n) is 2.23. The van der Waals surface area contributed by atoms with E-state index in [1.807, 2.05) is 0 Å². The van der Waals surface area contributed by atoms with E-state index in [0.717, 1.165) is 12.1 Å². The van der Waals surface area contributed by atoms with Crippen LogP contribution in [0.4, 0.5) is 13.2 Å². The molecule has 16 heavy (non-hydrogen) atoms. The monoisotopic (exact) mass is 233 g/mol. The summed E-state index contributed by atoms with van der Waals surface area (Å²) in [6, 6.07) is 1.52. The second-order valence-corrected chi connectivity index (χ2v) is 3.78. The van der Waals surface area contributed by atoms with Gasteiger partial charge in [0.25, 0.3) is 0 Å². The molecule has 0 fully saturated rings. The highest BCUT2D eigenvalue weighted by Crippen LogP contribution is 2.18. The lowest BCUT2D eigenvalue weighted by molar-refractivity contribution is 0.187. The van der Waals surface area contributed by atoms with Crippen LogP contribution in [0.1, 0.15) is 25.5 Å². The van der Waals surface area contributed by atoms with Crippen LogP contribution in [0.5, 0.6) is 0 Å². The molecule has 5 heteroatoms. The van der Waals surface area contributed by atoms with Gasteiger partial charge in [0.1, 0.15) is 0 Å². The highest BCUT2D eigenvalue weighted by atomic mass is 19.2. The van der Waals surface area contributed by atoms with Gasteiger partial charge in [0.15, 0.2) is 17.5 Å². The number of nitrogens with one attached hydrogen (secondary N) is 1. The maximum absolute atomic E-state index is 12.9. The topological polar surface area (TPSA) is 32.3 Å². The van der Waals surface area contributed by atoms with Crippen LogP contribution >= 0.6 is 0 Å². The Hall–Kier alpha value is -1.07. The molecule has 0 aromatic heterocycles. The Morgan fingerprint density at radius 2 is 1.69 bits per heavy atom. The van der Waals surface area contributed by atoms with E-state index in [1.54, 1.807) is 13.8 Å². The fourth-order valence-corrected chi connectivity index (χ4v) is 1.29. The molecule has 2 N–H and O–H groups in total. The van der Waals surface area contributed by atoms with Crippen LogP contribution in [0.15, 0.2) is 12.1 Å². The number of rotatable bonds is 4. The Bertz CT molecular complexity index is 345. The lowest BCUT2D eigenvalue weighted by atomic mass is 10.1. The zero-order valence-electron chi connectivity index (χ0n) is 9.10. The van der Waals surface area contributed by atoms with E-state index < -0.39 is 23.6 Å². The van der Waals surface area contributed by atoms with E-state index in [9.17, 15) is 13.2 Å². The predicted molar refractivity (Wildman–Crippen MR) is 54.4 cm³/mol. The molecule has 0 radical (unpaired) electrons. The van der Waals surface area contributed by atoms with Crippen molar-refractivity contribution >= 4 is 0 Å². The third-order valence-corrected chi connectivity index (χ3v) is 2.23. The lowest BCUT2D eigenvalue weighted by Crippen LogP contribution is -2.27. The zero-order valence-corrected chi connectivity index (χ0v) is 9.10. The number of benzene rings is 1. The third kappa shape index (κ3) is 3.21. The molecule has 1 aromatic rings. The molecule has 1 rings (SSSR count). The highest BCUT2D eigenvalue weighted by Gasteiger charge is 2.14. The van der Waals surface area contributed by atoms with Crippen LogP contribution in [-0.2, 0) is 0 Å². The molecule has 0 saturated carbocycles. The van der Waals surface area contributed by atoms with Crippen molar-refractivity contribution in [2.75, 3.05) is 6.54 Å². The molecule has 2 nitrogen and oxygen atoms in total. The van der Waals surface area contributed by atoms with Gasteiger partial charge in [0, 0.05) is 12.6 Å². The molecule has 0 amide bonds. The lowest BCUT2D eigenvalue weighted by Gasteiger charge is -2.15. The summed E-state index contributed by atoms with van der Waals surface area (Å²) >= 11 is 0. The van der Waals surface area contributed by atoms with E-state index in [-0.39, 0.29) is 6.04 Å². The molecule has 0 spiro atoms. The van der Waals surface area contributed by atoms with Gasteiger partial charge in [0.05, 0.1) is 6.10 Å². The summed E-state index contributed by atoms with van der Waals surface area (Å²) in [6.45, 7) is 3.56. The van der Waals surface area contributed by atoms with Crippen molar-refractivity contribution in [3.05, 3.63) is 35.1 Å². The Morgan fingerprint density at radius 3 is 2.12 bits per heavy atom. The van der Waals surface area contributed by atoms with Gasteiger partial charge in [-0.25, -0.2) is 13.2 Å². The summed E-state index contributed by atoms with van der Waals surface area (Å²) in [5, 5.41) is 11.9. The molecule has 90 valence electrons. The average Bonchev–Trinajstić information content (AvgIpc) is 2.21. The highest BCUT2D eigenvalue weighted by molar-refractivity contribution is 5.22. The number of aliphatic hydroxyl groups excluding tert-OH is 1. The van der Waals surface area contributed by atoms with E-state index in [4.69, 9.17) is 5.11 Å². The van der Waals surface area contributed by atoms with Crippen molar-refractivity contribution in [3.8, 4) is 0 Å². The van der Waals surface area contributed by atoms with Crippen LogP contribution in [0.3, 0.4) is 0 Å². The smallest absolute Gasteiger partial charge is 0.194 e. The molecule has 0 aliphatic carbocycles. The van der Waals surface area contributed by atoms with Crippen molar-refractivity contribution in [2.45, 2.75) is 26.0 Å². The minimum atomic E-state index is -1.47. The molecular formula is C11H14F3NO. The molecule has 0 aliphatic heterocycles. The van der Waals surface area contributed by atoms with Gasteiger partial charge >= 0.3 is 0 Å². The summed E-state index contributed by atoms with van der Waals surface area (Å²) in [5.41, 5.74) is 0.303. The van der Waals surface area contributed by atoms with Crippen molar-refractivity contribution in [3.63, 3.8) is 0 Å². The molecule has 0 saturated heterocycles. The number of halogens is 3. The van der Waals surface area contributed by atoms with E-state index in [0.29, 0.717) is 12.1 Å². The summed E-state index contributed by atoms with van der Waals surface area (Å²) in [4.78, 5) is 0. The van der Waals surface area contributed by atoms with Crippen LogP contribution in [0, 0.1) is 17.5 Å². The molecule has 0 heterocycles. The van der Waals surface area contributed by atoms with Gasteiger partial charge in [-0.1, -0.05) is 0 Å². The second-order valence-electron chi connectivity index (χ2n) is 3.78. The fourth-order valence-electron chi connectivity index (χ4n) is 1.29. The van der Waals surface area contributed by atoms with Gasteiger partial charge in [-0.05, 0) is 31.5 Å². The molecule has 2 atom stereocenters. The average molecular weight is 233 g/mol. The SMILES string of the molecule is CC(O)CNC(C)c1cc(F)c(F)c(F)c1. The minimum absolute atomic E-state index is 0.293. The van der Waals surface area contributed by atoms with Crippen molar-refractivity contribution in [2.24, 2.45) is 0 Å². The quantitative estimate of drug-likeness (QED) is 0.781. The van der Waals surface area contributed by atoms with Crippen LogP contribution in [-0.4, -0.2) is 17.8 Å². The Balaban J connectivity index is 2.80. The normalized spacial score (nSPS) is 14.9. The Labute approximate surface area is 92.1 Å². The number of hydrogen-bond acceptors (Lipinski definition) is 2. The Morgan fingerprint density at radius 1 is 1.19 bits per heavy atom. The van der Waals surface area contributed by atoms with Crippen molar-refractivity contribution in [1.29, 1.82) is 0 Å². The number of hydrogen-bond donors (Lipinski definition) is 2. The first-order valence-corrected chi connectivity index (χ1v) is 4.97. The largest absolute Gasteiger partial charge is 0.392 e. The van der Waals surface area contributed by atoms with Crippen LogP contribution in [0.25, 0.3) is 0 Å². The summed E-state index contributed by atoms with van der Waals surface area (Å²) in [7, 11) is 0. The molecule has 2 unspecified atom stereocenters. The predicted octanol–water partition coefficient (Wildman–Crippen LogP) is 2.14. The van der Waals surface area contributed by atoms with Gasteiger partial charge in [0.2, 0.25) is 0 Å². The summed E-state index contributed by atoms with van der Waals surface area (Å²) < 4.78 is 38.5. The van der Waals surface area contributed by atoms with Gasteiger partial charge in [-0.2, -0.15) is 0 Å². The van der Waals surface area contributed by atoms with Gasteiger partial charge in [-0.15, -0.1) is 0 Å². The molecule has 1 aromatic carbocycles. The first-order chi connectivity index (χ1) is 7.41. The first-order valence-electron chi connectivity index (χ1n) is 4.97. The summed E-state index contributed by atoms with van der Waals surface area (Å²) in [5.74, 6) is -3.88. The fraction of sp³-hybridized carbons (Fsp3) is 0.455. The molecule has 0 bridgehead atoms. The maximum Gasteiger partial charge on any atom is 0.194 e. The van der Waals surface area contributed by atoms with E-state index in [1.165, 1.54) is 0 Å². The molecular weight excluding hydrogens is 219 g/mol. The van der Waals surface area contributed by atoms with Crippen molar-refractivity contribution < 1.29 is 18.3 Å². The summed E-state index contributed by atoms with van der Waals surface area (Å²) in [6.07, 6.45) is -0.558. The first kappa shape index (κ1) is 13.0. The maximum atomic E-state index is 12.9. The number of aliphatic hydroxyl groups is 1. The zero-order chi connectivity index (χ0) is 12.3. The minimum Gasteiger partial charge on any atom is -0.392 e. The van der Waals surface area contributed by atoms with Gasteiger partial charge < -0.3 is 10.4 Å². The van der Waals surface area contributed by atoms with Gasteiger partial charge in [-0.3, -0.25) is 0 Å². The Kier molecular flexibility index (Phi) is 4.32. The molecule has 0 aliphatic rings. The van der Waals surface area contributed by atoms with E-state index in [2.05, 4.69) is 5.32 Å². The van der Waals surface area contributed by atoms with Crippen molar-refractivity contribution in [1.82, 2.24) is 5.32 Å². The van der Waals surface area contributed by atoms with E-state index >= 15 is 0 Å². The second kappa shape index (κ2) is 5.32. The standard InChI is InChI=1S/C11H14F3NO/c1-6(16)5-15-7(2)8-3-9(12)11(14)10(13)4-8/h3-4,6-7,15-16H,5H2,1-2H3. The van der Waals surface area contributed by atoms with Crippen LogP contribution in [0.2, 0.25) is 0 Å².